The topological polar surface area (TPSA) is 26.3 Å². The molecule has 0 bridgehead atoms. The van der Waals surface area contributed by atoms with Gasteiger partial charge in [-0.15, -0.1) is 0 Å². The lowest BCUT2D eigenvalue weighted by atomic mass is 10.1. The zero-order chi connectivity index (χ0) is 14.5. The van der Waals surface area contributed by atoms with Gasteiger partial charge in [-0.05, 0) is 36.4 Å². The summed E-state index contributed by atoms with van der Waals surface area (Å²) in [6.07, 6.45) is 0.200. The third-order valence-electron chi connectivity index (χ3n) is 2.66. The Morgan fingerprint density at radius 3 is 2.40 bits per heavy atom. The number of ketones is 1. The Hall–Kier alpha value is -1.58. The zero-order valence-corrected chi connectivity index (χ0v) is 11.9. The highest BCUT2D eigenvalue weighted by Gasteiger charge is 2.07. The molecule has 0 aliphatic rings. The number of hydrogen-bond acceptors (Lipinski definition) is 2. The molecule has 0 aliphatic heterocycles. The van der Waals surface area contributed by atoms with Crippen molar-refractivity contribution in [1.82, 2.24) is 0 Å². The van der Waals surface area contributed by atoms with Crippen molar-refractivity contribution in [3.63, 3.8) is 0 Å². The second kappa shape index (κ2) is 6.73. The van der Waals surface area contributed by atoms with Crippen molar-refractivity contribution in [1.29, 1.82) is 0 Å². The van der Waals surface area contributed by atoms with Crippen LogP contribution in [0.2, 0.25) is 10.0 Å². The van der Waals surface area contributed by atoms with Crippen LogP contribution in [0.15, 0.2) is 42.5 Å². The van der Waals surface area contributed by atoms with Crippen molar-refractivity contribution in [2.24, 2.45) is 0 Å². The number of Topliss-reactive ketones (excluding diaryl/α,β-unsaturated/α-hetero) is 1. The standard InChI is InChI=1S/C15H11Cl2FO2/c16-13-6-5-12(9-14(13)17)20-8-7-15(19)10-1-3-11(18)4-2-10/h1-6,9H,7-8H2. The largest absolute Gasteiger partial charge is 0.493 e. The Morgan fingerprint density at radius 2 is 1.75 bits per heavy atom. The second-order valence-corrected chi connectivity index (χ2v) is 4.92. The van der Waals surface area contributed by atoms with Crippen LogP contribution < -0.4 is 4.74 Å². The van der Waals surface area contributed by atoms with E-state index < -0.39 is 0 Å². The second-order valence-electron chi connectivity index (χ2n) is 4.10. The molecule has 20 heavy (non-hydrogen) atoms. The van der Waals surface area contributed by atoms with Crippen molar-refractivity contribution < 1.29 is 13.9 Å². The fourth-order valence-corrected chi connectivity index (χ4v) is 1.90. The van der Waals surface area contributed by atoms with Gasteiger partial charge in [-0.25, -0.2) is 4.39 Å². The molecular weight excluding hydrogens is 302 g/mol. The van der Waals surface area contributed by atoms with E-state index >= 15 is 0 Å². The lowest BCUT2D eigenvalue weighted by Gasteiger charge is -2.06. The minimum atomic E-state index is -0.367. The van der Waals surface area contributed by atoms with Crippen molar-refractivity contribution >= 4 is 29.0 Å². The van der Waals surface area contributed by atoms with Gasteiger partial charge < -0.3 is 4.74 Å². The third kappa shape index (κ3) is 3.95. The van der Waals surface area contributed by atoms with Crippen LogP contribution in [0, 0.1) is 5.82 Å². The van der Waals surface area contributed by atoms with Crippen LogP contribution >= 0.6 is 23.2 Å². The highest BCUT2D eigenvalue weighted by Crippen LogP contribution is 2.26. The molecule has 0 N–H and O–H groups in total. The number of ether oxygens (including phenoxy) is 1. The molecule has 0 spiro atoms. The first-order chi connectivity index (χ1) is 9.56. The summed E-state index contributed by atoms with van der Waals surface area (Å²) in [6.45, 7) is 0.216. The molecule has 0 radical (unpaired) electrons. The van der Waals surface area contributed by atoms with Gasteiger partial charge in [0.2, 0.25) is 0 Å². The molecule has 5 heteroatoms. The van der Waals surface area contributed by atoms with Crippen LogP contribution in [0.1, 0.15) is 16.8 Å². The Bertz CT molecular complexity index is 612. The average Bonchev–Trinajstić information content (AvgIpc) is 2.43. The van der Waals surface area contributed by atoms with Gasteiger partial charge in [0.1, 0.15) is 11.6 Å². The fourth-order valence-electron chi connectivity index (χ4n) is 1.61. The summed E-state index contributed by atoms with van der Waals surface area (Å²) in [7, 11) is 0. The van der Waals surface area contributed by atoms with E-state index in [0.717, 1.165) is 0 Å². The molecule has 2 aromatic rings. The smallest absolute Gasteiger partial charge is 0.166 e. The Morgan fingerprint density at radius 1 is 1.05 bits per heavy atom. The van der Waals surface area contributed by atoms with E-state index in [4.69, 9.17) is 27.9 Å². The van der Waals surface area contributed by atoms with Crippen LogP contribution in [0.5, 0.6) is 5.75 Å². The number of rotatable bonds is 5. The molecule has 0 aromatic heterocycles. The van der Waals surface area contributed by atoms with Gasteiger partial charge in [-0.1, -0.05) is 23.2 Å². The highest BCUT2D eigenvalue weighted by atomic mass is 35.5. The van der Waals surface area contributed by atoms with Crippen molar-refractivity contribution in [3.8, 4) is 5.75 Å². The maximum absolute atomic E-state index is 12.7. The van der Waals surface area contributed by atoms with Crippen LogP contribution in [0.25, 0.3) is 0 Å². The zero-order valence-electron chi connectivity index (χ0n) is 10.4. The van der Waals surface area contributed by atoms with Crippen molar-refractivity contribution in [2.75, 3.05) is 6.61 Å². The molecule has 2 aromatic carbocycles. The van der Waals surface area contributed by atoms with Gasteiger partial charge in [0, 0.05) is 18.1 Å². The Kier molecular flexibility index (Phi) is 4.99. The maximum atomic E-state index is 12.7. The molecule has 0 aliphatic carbocycles. The minimum absolute atomic E-state index is 0.106. The Balaban J connectivity index is 1.87. The molecule has 104 valence electrons. The fraction of sp³-hybridized carbons (Fsp3) is 0.133. The minimum Gasteiger partial charge on any atom is -0.493 e. The predicted molar refractivity (Wildman–Crippen MR) is 77.3 cm³/mol. The van der Waals surface area contributed by atoms with Crippen molar-refractivity contribution in [2.45, 2.75) is 6.42 Å². The number of benzene rings is 2. The van der Waals surface area contributed by atoms with Gasteiger partial charge in [-0.2, -0.15) is 0 Å². The summed E-state index contributed by atoms with van der Waals surface area (Å²) in [4.78, 5) is 11.8. The van der Waals surface area contributed by atoms with Crippen molar-refractivity contribution in [3.05, 3.63) is 63.9 Å². The number of carbonyl (C=O) groups excluding carboxylic acids is 1. The van der Waals surface area contributed by atoms with Gasteiger partial charge in [-0.3, -0.25) is 4.79 Å². The molecule has 0 unspecified atom stereocenters. The number of hydrogen-bond donors (Lipinski definition) is 0. The number of halogens is 3. The molecule has 0 atom stereocenters. The first-order valence-corrected chi connectivity index (χ1v) is 6.68. The van der Waals surface area contributed by atoms with E-state index in [9.17, 15) is 9.18 Å². The number of carbonyl (C=O) groups is 1. The van der Waals surface area contributed by atoms with E-state index in [1.165, 1.54) is 24.3 Å². The van der Waals surface area contributed by atoms with Gasteiger partial charge in [0.25, 0.3) is 0 Å². The summed E-state index contributed by atoms with van der Waals surface area (Å²) in [5.74, 6) is 0.0740. The molecule has 2 rings (SSSR count). The Labute approximate surface area is 126 Å². The molecule has 0 amide bonds. The van der Waals surface area contributed by atoms with Crippen LogP contribution in [0.4, 0.5) is 4.39 Å². The van der Waals surface area contributed by atoms with Gasteiger partial charge in [0.15, 0.2) is 5.78 Å². The van der Waals surface area contributed by atoms with E-state index in [2.05, 4.69) is 0 Å². The van der Waals surface area contributed by atoms with Gasteiger partial charge >= 0.3 is 0 Å². The summed E-state index contributed by atoms with van der Waals surface area (Å²) >= 11 is 11.6. The van der Waals surface area contributed by atoms with E-state index in [1.807, 2.05) is 0 Å². The van der Waals surface area contributed by atoms with Crippen LogP contribution in [-0.4, -0.2) is 12.4 Å². The molecule has 0 saturated carbocycles. The van der Waals surface area contributed by atoms with E-state index in [0.29, 0.717) is 21.4 Å². The molecular formula is C15H11Cl2FO2. The average molecular weight is 313 g/mol. The molecule has 0 heterocycles. The van der Waals surface area contributed by atoms with Gasteiger partial charge in [0.05, 0.1) is 16.7 Å². The van der Waals surface area contributed by atoms with Crippen LogP contribution in [0.3, 0.4) is 0 Å². The predicted octanol–water partition coefficient (Wildman–Crippen LogP) is 4.78. The highest BCUT2D eigenvalue weighted by molar-refractivity contribution is 6.42. The van der Waals surface area contributed by atoms with Crippen LogP contribution in [-0.2, 0) is 0 Å². The first kappa shape index (κ1) is 14.8. The lowest BCUT2D eigenvalue weighted by molar-refractivity contribution is 0.0962. The van der Waals surface area contributed by atoms with E-state index in [1.54, 1.807) is 18.2 Å². The monoisotopic (exact) mass is 312 g/mol. The lowest BCUT2D eigenvalue weighted by Crippen LogP contribution is -2.06. The molecule has 0 fully saturated rings. The summed E-state index contributed by atoms with van der Waals surface area (Å²) < 4.78 is 18.2. The SMILES string of the molecule is O=C(CCOc1ccc(Cl)c(Cl)c1)c1ccc(F)cc1. The maximum Gasteiger partial charge on any atom is 0.166 e. The summed E-state index contributed by atoms with van der Waals surface area (Å²) in [6, 6.07) is 10.3. The summed E-state index contributed by atoms with van der Waals surface area (Å²) in [5.41, 5.74) is 0.462. The quantitative estimate of drug-likeness (QED) is 0.742. The summed E-state index contributed by atoms with van der Waals surface area (Å²) in [5, 5.41) is 0.843. The third-order valence-corrected chi connectivity index (χ3v) is 3.39. The first-order valence-electron chi connectivity index (χ1n) is 5.93. The molecule has 2 nitrogen and oxygen atoms in total. The molecule has 0 saturated heterocycles. The normalized spacial score (nSPS) is 10.3. The van der Waals surface area contributed by atoms with E-state index in [-0.39, 0.29) is 24.6 Å².